The van der Waals surface area contributed by atoms with Gasteiger partial charge in [-0.05, 0) is 43.3 Å². The molecular weight excluding hydrogens is 288 g/mol. The zero-order valence-electron chi connectivity index (χ0n) is 11.7. The minimum absolute atomic E-state index is 0.273. The second kappa shape index (κ2) is 7.55. The predicted molar refractivity (Wildman–Crippen MR) is 85.1 cm³/mol. The number of carbonyl (C=O) groups is 1. The van der Waals surface area contributed by atoms with Crippen LogP contribution in [-0.4, -0.2) is 19.2 Å². The fourth-order valence-electron chi connectivity index (χ4n) is 1.68. The van der Waals surface area contributed by atoms with Crippen LogP contribution in [0.4, 0.5) is 10.5 Å². The van der Waals surface area contributed by atoms with Gasteiger partial charge in [-0.25, -0.2) is 4.79 Å². The lowest BCUT2D eigenvalue weighted by Gasteiger charge is -2.09. The summed E-state index contributed by atoms with van der Waals surface area (Å²) in [6.45, 7) is 2.86. The van der Waals surface area contributed by atoms with Gasteiger partial charge < -0.3 is 15.4 Å². The molecule has 0 bridgehead atoms. The molecule has 0 spiro atoms. The molecule has 0 aliphatic heterocycles. The van der Waals surface area contributed by atoms with Gasteiger partial charge in [0.05, 0.1) is 6.54 Å². The number of urea groups is 1. The van der Waals surface area contributed by atoms with Crippen molar-refractivity contribution in [2.24, 2.45) is 0 Å². The Balaban J connectivity index is 1.67. The number of benzene rings is 2. The molecule has 2 N–H and O–H groups in total. The number of halogens is 1. The topological polar surface area (TPSA) is 50.4 Å². The first-order valence-electron chi connectivity index (χ1n) is 6.63. The van der Waals surface area contributed by atoms with Crippen LogP contribution in [0.5, 0.6) is 5.75 Å². The number of anilines is 1. The number of carbonyl (C=O) groups excluding carboxylic acids is 1. The summed E-state index contributed by atoms with van der Waals surface area (Å²) in [6, 6.07) is 14.4. The van der Waals surface area contributed by atoms with Crippen LogP contribution in [0, 0.1) is 6.92 Å². The highest BCUT2D eigenvalue weighted by Crippen LogP contribution is 2.13. The van der Waals surface area contributed by atoms with E-state index in [2.05, 4.69) is 10.6 Å². The molecule has 0 heterocycles. The second-order valence-corrected chi connectivity index (χ2v) is 4.99. The van der Waals surface area contributed by atoms with Crippen LogP contribution in [0.15, 0.2) is 48.5 Å². The minimum Gasteiger partial charge on any atom is -0.492 e. The Hall–Kier alpha value is -2.20. The van der Waals surface area contributed by atoms with Crippen LogP contribution in [0.25, 0.3) is 0 Å². The van der Waals surface area contributed by atoms with E-state index in [0.29, 0.717) is 23.9 Å². The van der Waals surface area contributed by atoms with E-state index in [-0.39, 0.29) is 6.03 Å². The number of aryl methyl sites for hydroxylation is 1. The Kier molecular flexibility index (Phi) is 5.46. The van der Waals surface area contributed by atoms with Crippen molar-refractivity contribution in [2.45, 2.75) is 6.92 Å². The molecule has 0 saturated carbocycles. The summed E-state index contributed by atoms with van der Waals surface area (Å²) in [5.41, 5.74) is 1.87. The fourth-order valence-corrected chi connectivity index (χ4v) is 1.80. The number of hydrogen-bond acceptors (Lipinski definition) is 2. The second-order valence-electron chi connectivity index (χ2n) is 4.55. The van der Waals surface area contributed by atoms with Gasteiger partial charge in [0.1, 0.15) is 12.4 Å². The summed E-state index contributed by atoms with van der Waals surface area (Å²) in [6.07, 6.45) is 0. The molecular formula is C16H17ClN2O2. The molecule has 0 aromatic heterocycles. The third-order valence-electron chi connectivity index (χ3n) is 2.78. The molecule has 0 aliphatic carbocycles. The lowest BCUT2D eigenvalue weighted by Crippen LogP contribution is -2.32. The lowest BCUT2D eigenvalue weighted by atomic mass is 10.2. The minimum atomic E-state index is -0.273. The molecule has 110 valence electrons. The molecule has 4 nitrogen and oxygen atoms in total. The largest absolute Gasteiger partial charge is 0.492 e. The van der Waals surface area contributed by atoms with E-state index >= 15 is 0 Å². The van der Waals surface area contributed by atoms with Crippen molar-refractivity contribution in [3.05, 3.63) is 59.1 Å². The Labute approximate surface area is 129 Å². The van der Waals surface area contributed by atoms with Crippen LogP contribution >= 0.6 is 11.6 Å². The maximum absolute atomic E-state index is 11.6. The molecule has 5 heteroatoms. The first kappa shape index (κ1) is 15.2. The van der Waals surface area contributed by atoms with Crippen molar-refractivity contribution in [3.8, 4) is 5.75 Å². The molecule has 2 rings (SSSR count). The quantitative estimate of drug-likeness (QED) is 0.824. The molecule has 2 amide bonds. The van der Waals surface area contributed by atoms with Crippen LogP contribution in [0.2, 0.25) is 5.02 Å². The van der Waals surface area contributed by atoms with Crippen LogP contribution in [-0.2, 0) is 0 Å². The summed E-state index contributed by atoms with van der Waals surface area (Å²) in [4.78, 5) is 11.6. The van der Waals surface area contributed by atoms with Crippen molar-refractivity contribution in [3.63, 3.8) is 0 Å². The number of amides is 2. The summed E-state index contributed by atoms with van der Waals surface area (Å²) >= 11 is 5.77. The third-order valence-corrected chi connectivity index (χ3v) is 3.03. The van der Waals surface area contributed by atoms with Crippen LogP contribution in [0.3, 0.4) is 0 Å². The maximum atomic E-state index is 11.6. The Morgan fingerprint density at radius 2 is 1.76 bits per heavy atom. The Bertz CT molecular complexity index is 582. The van der Waals surface area contributed by atoms with Crippen molar-refractivity contribution < 1.29 is 9.53 Å². The Morgan fingerprint density at radius 3 is 2.43 bits per heavy atom. The van der Waals surface area contributed by atoms with Gasteiger partial charge in [-0.2, -0.15) is 0 Å². The standard InChI is InChI=1S/C16H17ClN2O2/c1-12-2-8-15(9-3-12)21-11-10-18-16(20)19-14-6-4-13(17)5-7-14/h2-9H,10-11H2,1H3,(H2,18,19,20). The van der Waals surface area contributed by atoms with Gasteiger partial charge in [0.25, 0.3) is 0 Å². The van der Waals surface area contributed by atoms with E-state index < -0.39 is 0 Å². The molecule has 0 radical (unpaired) electrons. The fraction of sp³-hybridized carbons (Fsp3) is 0.188. The van der Waals surface area contributed by atoms with E-state index in [9.17, 15) is 4.79 Å². The van der Waals surface area contributed by atoms with Gasteiger partial charge in [0, 0.05) is 10.7 Å². The van der Waals surface area contributed by atoms with E-state index in [1.54, 1.807) is 24.3 Å². The molecule has 0 atom stereocenters. The smallest absolute Gasteiger partial charge is 0.319 e. The average molecular weight is 305 g/mol. The van der Waals surface area contributed by atoms with Gasteiger partial charge in [-0.1, -0.05) is 29.3 Å². The number of ether oxygens (including phenoxy) is 1. The molecule has 2 aromatic carbocycles. The summed E-state index contributed by atoms with van der Waals surface area (Å²) < 4.78 is 5.52. The summed E-state index contributed by atoms with van der Waals surface area (Å²) in [7, 11) is 0. The number of hydrogen-bond donors (Lipinski definition) is 2. The van der Waals surface area contributed by atoms with Crippen molar-refractivity contribution in [1.82, 2.24) is 5.32 Å². The lowest BCUT2D eigenvalue weighted by molar-refractivity contribution is 0.247. The van der Waals surface area contributed by atoms with E-state index in [1.807, 2.05) is 31.2 Å². The highest BCUT2D eigenvalue weighted by molar-refractivity contribution is 6.30. The van der Waals surface area contributed by atoms with Crippen molar-refractivity contribution in [1.29, 1.82) is 0 Å². The summed E-state index contributed by atoms with van der Waals surface area (Å²) in [5, 5.41) is 6.06. The highest BCUT2D eigenvalue weighted by Gasteiger charge is 2.01. The molecule has 0 saturated heterocycles. The van der Waals surface area contributed by atoms with Gasteiger partial charge in [-0.3, -0.25) is 0 Å². The molecule has 2 aromatic rings. The molecule has 0 unspecified atom stereocenters. The maximum Gasteiger partial charge on any atom is 0.319 e. The van der Waals surface area contributed by atoms with E-state index in [1.165, 1.54) is 5.56 Å². The molecule has 0 aliphatic rings. The van der Waals surface area contributed by atoms with Gasteiger partial charge >= 0.3 is 6.03 Å². The predicted octanol–water partition coefficient (Wildman–Crippen LogP) is 3.85. The first-order valence-corrected chi connectivity index (χ1v) is 7.01. The van der Waals surface area contributed by atoms with Crippen LogP contribution in [0.1, 0.15) is 5.56 Å². The zero-order chi connectivity index (χ0) is 15.1. The summed E-state index contributed by atoms with van der Waals surface area (Å²) in [5.74, 6) is 0.792. The normalized spacial score (nSPS) is 10.0. The van der Waals surface area contributed by atoms with Crippen molar-refractivity contribution in [2.75, 3.05) is 18.5 Å². The number of nitrogens with one attached hydrogen (secondary N) is 2. The Morgan fingerprint density at radius 1 is 1.10 bits per heavy atom. The zero-order valence-corrected chi connectivity index (χ0v) is 12.5. The van der Waals surface area contributed by atoms with Crippen LogP contribution < -0.4 is 15.4 Å². The monoisotopic (exact) mass is 304 g/mol. The third kappa shape index (κ3) is 5.36. The molecule has 21 heavy (non-hydrogen) atoms. The van der Waals surface area contributed by atoms with Gasteiger partial charge in [-0.15, -0.1) is 0 Å². The van der Waals surface area contributed by atoms with E-state index in [4.69, 9.17) is 16.3 Å². The average Bonchev–Trinajstić information content (AvgIpc) is 2.48. The first-order chi connectivity index (χ1) is 10.1. The number of rotatable bonds is 5. The SMILES string of the molecule is Cc1ccc(OCCNC(=O)Nc2ccc(Cl)cc2)cc1. The van der Waals surface area contributed by atoms with Gasteiger partial charge in [0.15, 0.2) is 0 Å². The molecule has 0 fully saturated rings. The highest BCUT2D eigenvalue weighted by atomic mass is 35.5. The van der Waals surface area contributed by atoms with Crippen molar-refractivity contribution >= 4 is 23.3 Å². The van der Waals surface area contributed by atoms with Gasteiger partial charge in [0.2, 0.25) is 0 Å². The van der Waals surface area contributed by atoms with E-state index in [0.717, 1.165) is 5.75 Å².